The van der Waals surface area contributed by atoms with Gasteiger partial charge in [-0.3, -0.25) is 0 Å². The number of nitrogens with one attached hydrogen (secondary N) is 1. The van der Waals surface area contributed by atoms with Gasteiger partial charge in [0.2, 0.25) is 10.0 Å². The molecule has 6 nitrogen and oxygen atoms in total. The molecule has 1 aromatic rings. The zero-order valence-corrected chi connectivity index (χ0v) is 12.3. The van der Waals surface area contributed by atoms with E-state index >= 15 is 0 Å². The Morgan fingerprint density at radius 1 is 1.56 bits per heavy atom. The minimum Gasteiger partial charge on any atom is -0.307 e. The largest absolute Gasteiger partial charge is 0.307 e. The number of aromatic nitrogens is 1. The smallest absolute Gasteiger partial charge is 0.246 e. The molecule has 3 N–H and O–H groups in total. The number of sulfonamides is 1. The first kappa shape index (κ1) is 13.7. The first-order chi connectivity index (χ1) is 8.46. The molecule has 0 atom stereocenters. The molecule has 0 radical (unpaired) electrons. The number of nitrogens with zero attached hydrogens (tertiary/aromatic N) is 2. The van der Waals surface area contributed by atoms with E-state index in [9.17, 15) is 8.42 Å². The van der Waals surface area contributed by atoms with E-state index in [4.69, 9.17) is 5.84 Å². The van der Waals surface area contributed by atoms with Gasteiger partial charge in [-0.05, 0) is 34.8 Å². The second-order valence-corrected chi connectivity index (χ2v) is 7.13. The third kappa shape index (κ3) is 2.37. The van der Waals surface area contributed by atoms with Crippen LogP contribution in [0.3, 0.4) is 0 Å². The van der Waals surface area contributed by atoms with Crippen molar-refractivity contribution in [2.45, 2.75) is 30.2 Å². The summed E-state index contributed by atoms with van der Waals surface area (Å²) in [5.74, 6) is 5.47. The minimum absolute atomic E-state index is 0.0830. The Balaban J connectivity index is 2.42. The molecule has 0 spiro atoms. The summed E-state index contributed by atoms with van der Waals surface area (Å²) in [7, 11) is -1.97. The predicted molar refractivity (Wildman–Crippen MR) is 72.3 cm³/mol. The normalized spacial score (nSPS) is 16.7. The van der Waals surface area contributed by atoms with Crippen LogP contribution in [0.2, 0.25) is 0 Å². The van der Waals surface area contributed by atoms with E-state index in [0.717, 1.165) is 19.3 Å². The van der Waals surface area contributed by atoms with Gasteiger partial charge in [0.1, 0.15) is 4.90 Å². The summed E-state index contributed by atoms with van der Waals surface area (Å²) in [5, 5.41) is 0. The highest BCUT2D eigenvalue weighted by atomic mass is 79.9. The van der Waals surface area contributed by atoms with Crippen LogP contribution < -0.4 is 11.3 Å². The molecule has 18 heavy (non-hydrogen) atoms. The number of hydrogen-bond donors (Lipinski definition) is 2. The van der Waals surface area contributed by atoms with Crippen LogP contribution in [0, 0.1) is 0 Å². The van der Waals surface area contributed by atoms with Crippen LogP contribution in [-0.2, 0) is 10.0 Å². The topological polar surface area (TPSA) is 88.3 Å². The lowest BCUT2D eigenvalue weighted by atomic mass is 9.94. The molecule has 0 aliphatic heterocycles. The summed E-state index contributed by atoms with van der Waals surface area (Å²) in [5.41, 5.74) is 2.32. The molecule has 1 fully saturated rings. The van der Waals surface area contributed by atoms with Gasteiger partial charge in [-0.1, -0.05) is 6.42 Å². The minimum atomic E-state index is -3.57. The number of anilines is 1. The van der Waals surface area contributed by atoms with Crippen LogP contribution in [0.5, 0.6) is 0 Å². The van der Waals surface area contributed by atoms with Crippen molar-refractivity contribution in [3.05, 3.63) is 16.7 Å². The number of rotatable bonds is 4. The van der Waals surface area contributed by atoms with E-state index in [0.29, 0.717) is 4.47 Å². The van der Waals surface area contributed by atoms with E-state index in [-0.39, 0.29) is 16.8 Å². The van der Waals surface area contributed by atoms with Crippen molar-refractivity contribution in [3.8, 4) is 0 Å². The van der Waals surface area contributed by atoms with Crippen molar-refractivity contribution < 1.29 is 8.42 Å². The van der Waals surface area contributed by atoms with E-state index < -0.39 is 10.0 Å². The molecule has 8 heteroatoms. The maximum atomic E-state index is 12.5. The monoisotopic (exact) mass is 334 g/mol. The second-order valence-electron chi connectivity index (χ2n) is 4.25. The molecule has 100 valence electrons. The maximum Gasteiger partial charge on any atom is 0.246 e. The van der Waals surface area contributed by atoms with Crippen LogP contribution in [0.4, 0.5) is 5.82 Å². The number of nitrogen functional groups attached to an aromatic ring is 1. The molecule has 1 aliphatic carbocycles. The first-order valence-electron chi connectivity index (χ1n) is 5.57. The van der Waals surface area contributed by atoms with Gasteiger partial charge in [-0.25, -0.2) is 19.2 Å². The number of hydrazine groups is 1. The maximum absolute atomic E-state index is 12.5. The zero-order chi connectivity index (χ0) is 13.3. The van der Waals surface area contributed by atoms with Gasteiger partial charge in [0, 0.05) is 23.8 Å². The molecule has 2 rings (SSSR count). The van der Waals surface area contributed by atoms with Crippen molar-refractivity contribution in [2.75, 3.05) is 12.5 Å². The lowest BCUT2D eigenvalue weighted by Crippen LogP contribution is -2.41. The Bertz CT molecular complexity index is 545. The molecular weight excluding hydrogens is 320 g/mol. The molecule has 0 amide bonds. The van der Waals surface area contributed by atoms with Crippen LogP contribution in [0.1, 0.15) is 19.3 Å². The molecule has 0 bridgehead atoms. The van der Waals surface area contributed by atoms with E-state index in [1.165, 1.54) is 16.6 Å². The molecule has 0 saturated heterocycles. The van der Waals surface area contributed by atoms with E-state index in [2.05, 4.69) is 26.3 Å². The fourth-order valence-electron chi connectivity index (χ4n) is 1.83. The number of hydrogen-bond acceptors (Lipinski definition) is 5. The SMILES string of the molecule is CN(C1CCC1)S(=O)(=O)c1cc(Br)cnc1NN. The van der Waals surface area contributed by atoms with Gasteiger partial charge in [-0.15, -0.1) is 0 Å². The third-order valence-electron chi connectivity index (χ3n) is 3.20. The number of pyridine rings is 1. The Morgan fingerprint density at radius 3 is 2.72 bits per heavy atom. The Kier molecular flexibility index (Phi) is 3.90. The number of halogens is 1. The average molecular weight is 335 g/mol. The zero-order valence-electron chi connectivity index (χ0n) is 9.93. The molecule has 0 aromatic carbocycles. The lowest BCUT2D eigenvalue weighted by molar-refractivity contribution is 0.249. The number of nitrogens with two attached hydrogens (primary N) is 1. The lowest BCUT2D eigenvalue weighted by Gasteiger charge is -2.33. The van der Waals surface area contributed by atoms with Gasteiger partial charge in [-0.2, -0.15) is 4.31 Å². The summed E-state index contributed by atoms with van der Waals surface area (Å²) in [6.45, 7) is 0. The fourth-order valence-corrected chi connectivity index (χ4v) is 3.86. The Hall–Kier alpha value is -0.700. The molecule has 1 heterocycles. The predicted octanol–water partition coefficient (Wildman–Crippen LogP) is 1.30. The summed E-state index contributed by atoms with van der Waals surface area (Å²) in [6.07, 6.45) is 4.38. The van der Waals surface area contributed by atoms with Gasteiger partial charge >= 0.3 is 0 Å². The van der Waals surface area contributed by atoms with E-state index in [1.54, 1.807) is 7.05 Å². The van der Waals surface area contributed by atoms with Gasteiger partial charge in [0.15, 0.2) is 5.82 Å². The van der Waals surface area contributed by atoms with Crippen LogP contribution in [0.25, 0.3) is 0 Å². The molecule has 1 aromatic heterocycles. The Morgan fingerprint density at radius 2 is 2.22 bits per heavy atom. The summed E-state index contributed by atoms with van der Waals surface area (Å²) in [6, 6.07) is 1.59. The molecule has 0 unspecified atom stereocenters. The van der Waals surface area contributed by atoms with Crippen molar-refractivity contribution >= 4 is 31.8 Å². The van der Waals surface area contributed by atoms with E-state index in [1.807, 2.05) is 0 Å². The summed E-state index contributed by atoms with van der Waals surface area (Å²) >= 11 is 3.22. The van der Waals surface area contributed by atoms with Crippen molar-refractivity contribution in [2.24, 2.45) is 5.84 Å². The van der Waals surface area contributed by atoms with Crippen LogP contribution >= 0.6 is 15.9 Å². The van der Waals surface area contributed by atoms with Crippen molar-refractivity contribution in [3.63, 3.8) is 0 Å². The highest BCUT2D eigenvalue weighted by molar-refractivity contribution is 9.10. The third-order valence-corrected chi connectivity index (χ3v) is 5.56. The summed E-state index contributed by atoms with van der Waals surface area (Å²) < 4.78 is 26.9. The average Bonchev–Trinajstić information content (AvgIpc) is 2.26. The summed E-state index contributed by atoms with van der Waals surface area (Å²) in [4.78, 5) is 4.05. The quantitative estimate of drug-likeness (QED) is 0.640. The molecule has 1 saturated carbocycles. The van der Waals surface area contributed by atoms with Gasteiger partial charge in [0.25, 0.3) is 0 Å². The second kappa shape index (κ2) is 5.12. The molecular formula is C10H15BrN4O2S. The van der Waals surface area contributed by atoms with Crippen LogP contribution in [-0.4, -0.2) is 30.8 Å². The Labute approximate surface area is 115 Å². The standard InChI is InChI=1S/C10H15BrN4O2S/c1-15(8-3-2-4-8)18(16,17)9-5-7(11)6-13-10(9)14-12/h5-6,8H,2-4,12H2,1H3,(H,13,14). The van der Waals surface area contributed by atoms with Crippen molar-refractivity contribution in [1.82, 2.24) is 9.29 Å². The van der Waals surface area contributed by atoms with Gasteiger partial charge in [0.05, 0.1) is 0 Å². The highest BCUT2D eigenvalue weighted by Crippen LogP contribution is 2.31. The van der Waals surface area contributed by atoms with Gasteiger partial charge < -0.3 is 5.43 Å². The first-order valence-corrected chi connectivity index (χ1v) is 7.80. The van der Waals surface area contributed by atoms with Crippen molar-refractivity contribution in [1.29, 1.82) is 0 Å². The van der Waals surface area contributed by atoms with Crippen LogP contribution in [0.15, 0.2) is 21.6 Å². The molecule has 1 aliphatic rings. The fraction of sp³-hybridized carbons (Fsp3) is 0.500. The highest BCUT2D eigenvalue weighted by Gasteiger charge is 2.33.